The van der Waals surface area contributed by atoms with Crippen molar-refractivity contribution in [2.24, 2.45) is 0 Å². The van der Waals surface area contributed by atoms with Gasteiger partial charge in [0, 0.05) is 11.8 Å². The first-order valence-corrected chi connectivity index (χ1v) is 6.90. The fourth-order valence-electron chi connectivity index (χ4n) is 2.29. The molecule has 1 N–H and O–H groups in total. The molecule has 0 radical (unpaired) electrons. The first-order valence-electron chi connectivity index (χ1n) is 6.90. The summed E-state index contributed by atoms with van der Waals surface area (Å²) in [6.07, 6.45) is -3.11. The van der Waals surface area contributed by atoms with Gasteiger partial charge in [0.1, 0.15) is 12.4 Å². The number of aromatic nitrogens is 2. The van der Waals surface area contributed by atoms with Gasteiger partial charge in [-0.25, -0.2) is 9.37 Å². The Morgan fingerprint density at radius 2 is 1.96 bits per heavy atom. The molecule has 0 saturated heterocycles. The Morgan fingerprint density at radius 1 is 1.17 bits per heavy atom. The molecule has 0 bridgehead atoms. The van der Waals surface area contributed by atoms with Crippen LogP contribution in [-0.4, -0.2) is 15.5 Å². The lowest BCUT2D eigenvalue weighted by Gasteiger charge is -2.10. The smallest absolute Gasteiger partial charge is 0.325 e. The van der Waals surface area contributed by atoms with Crippen LogP contribution in [0, 0.1) is 5.82 Å². The van der Waals surface area contributed by atoms with Gasteiger partial charge in [-0.3, -0.25) is 4.79 Å². The lowest BCUT2D eigenvalue weighted by atomic mass is 10.2. The molecule has 4 nitrogen and oxygen atoms in total. The standard InChI is InChI=1S/C16H11F4N3O/c17-11-4-5-14-13(7-11)21-9-23(14)8-15(24)22-12-3-1-2-10(6-12)16(18,19)20/h1-7,9H,8H2,(H,22,24). The number of alkyl halides is 3. The number of amides is 1. The lowest BCUT2D eigenvalue weighted by molar-refractivity contribution is -0.137. The van der Waals surface area contributed by atoms with Crippen LogP contribution in [0.3, 0.4) is 0 Å². The number of hydrogen-bond donors (Lipinski definition) is 1. The quantitative estimate of drug-likeness (QED) is 0.738. The SMILES string of the molecule is O=C(Cn1cnc2cc(F)ccc21)Nc1cccc(C(F)(F)F)c1. The first-order chi connectivity index (χ1) is 11.3. The van der Waals surface area contributed by atoms with E-state index >= 15 is 0 Å². The lowest BCUT2D eigenvalue weighted by Crippen LogP contribution is -2.18. The molecule has 2 aromatic carbocycles. The number of rotatable bonds is 3. The monoisotopic (exact) mass is 337 g/mol. The maximum atomic E-state index is 13.1. The van der Waals surface area contributed by atoms with Crippen molar-refractivity contribution in [3.63, 3.8) is 0 Å². The number of imidazole rings is 1. The second-order valence-corrected chi connectivity index (χ2v) is 5.13. The molecule has 8 heteroatoms. The van der Waals surface area contributed by atoms with E-state index in [1.807, 2.05) is 0 Å². The predicted octanol–water partition coefficient (Wildman–Crippen LogP) is 3.83. The highest BCUT2D eigenvalue weighted by molar-refractivity contribution is 5.91. The minimum absolute atomic E-state index is 0.0466. The van der Waals surface area contributed by atoms with Crippen molar-refractivity contribution in [1.82, 2.24) is 9.55 Å². The molecule has 0 aliphatic heterocycles. The molecule has 3 aromatic rings. The molecule has 0 unspecified atom stereocenters. The Bertz CT molecular complexity index is 902. The number of hydrogen-bond acceptors (Lipinski definition) is 2. The highest BCUT2D eigenvalue weighted by Crippen LogP contribution is 2.30. The Labute approximate surface area is 133 Å². The van der Waals surface area contributed by atoms with Crippen LogP contribution in [0.4, 0.5) is 23.2 Å². The summed E-state index contributed by atoms with van der Waals surface area (Å²) in [6, 6.07) is 8.33. The molecule has 0 spiro atoms. The van der Waals surface area contributed by atoms with Crippen molar-refractivity contribution in [3.05, 3.63) is 60.2 Å². The van der Waals surface area contributed by atoms with Crippen molar-refractivity contribution in [3.8, 4) is 0 Å². The molecule has 1 heterocycles. The second-order valence-electron chi connectivity index (χ2n) is 5.13. The van der Waals surface area contributed by atoms with Crippen molar-refractivity contribution in [1.29, 1.82) is 0 Å². The molecule has 24 heavy (non-hydrogen) atoms. The summed E-state index contributed by atoms with van der Waals surface area (Å²) < 4.78 is 52.6. The summed E-state index contributed by atoms with van der Waals surface area (Å²) >= 11 is 0. The largest absolute Gasteiger partial charge is 0.416 e. The van der Waals surface area contributed by atoms with Gasteiger partial charge in [-0.1, -0.05) is 6.07 Å². The number of nitrogens with one attached hydrogen (secondary N) is 1. The van der Waals surface area contributed by atoms with Gasteiger partial charge in [0.15, 0.2) is 0 Å². The Balaban J connectivity index is 1.76. The van der Waals surface area contributed by atoms with E-state index < -0.39 is 23.5 Å². The van der Waals surface area contributed by atoms with Crippen molar-refractivity contribution < 1.29 is 22.4 Å². The van der Waals surface area contributed by atoms with Crippen LogP contribution >= 0.6 is 0 Å². The number of carbonyl (C=O) groups is 1. The average molecular weight is 337 g/mol. The van der Waals surface area contributed by atoms with Gasteiger partial charge < -0.3 is 9.88 Å². The number of carbonyl (C=O) groups excluding carboxylic acids is 1. The van der Waals surface area contributed by atoms with Crippen LogP contribution in [0.5, 0.6) is 0 Å². The van der Waals surface area contributed by atoms with Gasteiger partial charge in [0.25, 0.3) is 0 Å². The third kappa shape index (κ3) is 3.37. The van der Waals surface area contributed by atoms with E-state index in [-0.39, 0.29) is 12.2 Å². The van der Waals surface area contributed by atoms with Gasteiger partial charge in [-0.15, -0.1) is 0 Å². The molecule has 0 aliphatic carbocycles. The van der Waals surface area contributed by atoms with E-state index in [0.717, 1.165) is 12.1 Å². The summed E-state index contributed by atoms with van der Waals surface area (Å²) in [5.41, 5.74) is 0.145. The molecule has 0 saturated carbocycles. The van der Waals surface area contributed by atoms with E-state index in [9.17, 15) is 22.4 Å². The molecule has 0 fully saturated rings. The van der Waals surface area contributed by atoms with Gasteiger partial charge in [0.05, 0.1) is 22.9 Å². The minimum atomic E-state index is -4.48. The van der Waals surface area contributed by atoms with Crippen LogP contribution in [0.1, 0.15) is 5.56 Å². The Kier molecular flexibility index (Phi) is 3.96. The van der Waals surface area contributed by atoms with E-state index in [2.05, 4.69) is 10.3 Å². The Hall–Kier alpha value is -2.90. The van der Waals surface area contributed by atoms with Crippen LogP contribution in [-0.2, 0) is 17.5 Å². The van der Waals surface area contributed by atoms with Gasteiger partial charge in [-0.05, 0) is 30.3 Å². The van der Waals surface area contributed by atoms with Crippen molar-refractivity contribution in [2.75, 3.05) is 5.32 Å². The molecule has 1 amide bonds. The van der Waals surface area contributed by atoms with Gasteiger partial charge in [0.2, 0.25) is 5.91 Å². The number of nitrogens with zero attached hydrogens (tertiary/aromatic N) is 2. The molecule has 124 valence electrons. The van der Waals surface area contributed by atoms with E-state index in [4.69, 9.17) is 0 Å². The zero-order valence-corrected chi connectivity index (χ0v) is 12.1. The summed E-state index contributed by atoms with van der Waals surface area (Å²) in [5.74, 6) is -0.959. The Morgan fingerprint density at radius 3 is 2.71 bits per heavy atom. The van der Waals surface area contributed by atoms with Crippen LogP contribution in [0.25, 0.3) is 11.0 Å². The zero-order valence-electron chi connectivity index (χ0n) is 12.1. The van der Waals surface area contributed by atoms with Crippen molar-refractivity contribution >= 4 is 22.6 Å². The van der Waals surface area contributed by atoms with Gasteiger partial charge in [-0.2, -0.15) is 13.2 Å². The maximum Gasteiger partial charge on any atom is 0.416 e. The average Bonchev–Trinajstić information content (AvgIpc) is 2.88. The number of halogens is 4. The minimum Gasteiger partial charge on any atom is -0.325 e. The maximum absolute atomic E-state index is 13.1. The fraction of sp³-hybridized carbons (Fsp3) is 0.125. The number of fused-ring (bicyclic) bond motifs is 1. The molecular weight excluding hydrogens is 326 g/mol. The zero-order chi connectivity index (χ0) is 17.3. The van der Waals surface area contributed by atoms with Gasteiger partial charge >= 0.3 is 6.18 Å². The predicted molar refractivity (Wildman–Crippen MR) is 79.8 cm³/mol. The first kappa shape index (κ1) is 16.0. The third-order valence-electron chi connectivity index (χ3n) is 3.37. The van der Waals surface area contributed by atoms with Crippen LogP contribution < -0.4 is 5.32 Å². The normalized spacial score (nSPS) is 11.7. The summed E-state index contributed by atoms with van der Waals surface area (Å²) in [7, 11) is 0. The fourth-order valence-corrected chi connectivity index (χ4v) is 2.29. The third-order valence-corrected chi connectivity index (χ3v) is 3.37. The molecule has 0 atom stereocenters. The van der Waals surface area contributed by atoms with E-state index in [1.165, 1.54) is 41.2 Å². The van der Waals surface area contributed by atoms with E-state index in [1.54, 1.807) is 0 Å². The van der Waals surface area contributed by atoms with Crippen molar-refractivity contribution in [2.45, 2.75) is 12.7 Å². The van der Waals surface area contributed by atoms with Crippen LogP contribution in [0.2, 0.25) is 0 Å². The summed E-state index contributed by atoms with van der Waals surface area (Å²) in [6.45, 7) is -0.154. The highest BCUT2D eigenvalue weighted by atomic mass is 19.4. The summed E-state index contributed by atoms with van der Waals surface area (Å²) in [4.78, 5) is 16.0. The summed E-state index contributed by atoms with van der Waals surface area (Å²) in [5, 5.41) is 2.41. The highest BCUT2D eigenvalue weighted by Gasteiger charge is 2.30. The number of benzene rings is 2. The molecular formula is C16H11F4N3O. The topological polar surface area (TPSA) is 46.9 Å². The molecule has 0 aliphatic rings. The molecule has 1 aromatic heterocycles. The number of anilines is 1. The van der Waals surface area contributed by atoms with Crippen LogP contribution in [0.15, 0.2) is 48.8 Å². The van der Waals surface area contributed by atoms with E-state index in [0.29, 0.717) is 11.0 Å². The molecule has 3 rings (SSSR count). The second kappa shape index (κ2) is 5.95.